The van der Waals surface area contributed by atoms with E-state index in [1.807, 2.05) is 27.7 Å². The van der Waals surface area contributed by atoms with Crippen LogP contribution in [0.15, 0.2) is 0 Å². The quantitative estimate of drug-likeness (QED) is 0.737. The lowest BCUT2D eigenvalue weighted by Crippen LogP contribution is -2.39. The molecule has 0 saturated heterocycles. The third-order valence-corrected chi connectivity index (χ3v) is 3.44. The fraction of sp³-hybridized carbons (Fsp3) is 1.00. The average molecular weight is 207 g/mol. The van der Waals surface area contributed by atoms with Crippen LogP contribution in [0.25, 0.3) is 0 Å². The highest BCUT2D eigenvalue weighted by atomic mass is 32.2. The molecule has 0 aliphatic heterocycles. The van der Waals surface area contributed by atoms with Gasteiger partial charge in [0.15, 0.2) is 9.84 Å². The van der Waals surface area contributed by atoms with E-state index in [-0.39, 0.29) is 11.3 Å². The molecule has 0 aromatic carbocycles. The maximum atomic E-state index is 11.3. The second-order valence-corrected chi connectivity index (χ2v) is 6.63. The Morgan fingerprint density at radius 1 is 1.15 bits per heavy atom. The van der Waals surface area contributed by atoms with E-state index < -0.39 is 9.84 Å². The molecule has 1 N–H and O–H groups in total. The molecule has 0 saturated carbocycles. The van der Waals surface area contributed by atoms with Crippen molar-refractivity contribution in [3.8, 4) is 0 Å². The van der Waals surface area contributed by atoms with E-state index in [4.69, 9.17) is 0 Å². The van der Waals surface area contributed by atoms with Gasteiger partial charge >= 0.3 is 0 Å². The molecule has 4 heteroatoms. The summed E-state index contributed by atoms with van der Waals surface area (Å²) in [6.45, 7) is 8.51. The van der Waals surface area contributed by atoms with Gasteiger partial charge < -0.3 is 5.32 Å². The van der Waals surface area contributed by atoms with E-state index in [2.05, 4.69) is 5.32 Å². The molecule has 0 aliphatic carbocycles. The zero-order valence-corrected chi connectivity index (χ0v) is 9.87. The lowest BCUT2D eigenvalue weighted by Gasteiger charge is -2.20. The third kappa shape index (κ3) is 8.25. The maximum Gasteiger partial charge on any atom is 0.151 e. The van der Waals surface area contributed by atoms with Gasteiger partial charge in [0.2, 0.25) is 0 Å². The van der Waals surface area contributed by atoms with Gasteiger partial charge in [-0.05, 0) is 27.2 Å². The number of hydrogen-bond acceptors (Lipinski definition) is 3. The number of rotatable bonds is 5. The van der Waals surface area contributed by atoms with Gasteiger partial charge in [0, 0.05) is 17.8 Å². The van der Waals surface area contributed by atoms with E-state index >= 15 is 0 Å². The Morgan fingerprint density at radius 3 is 2.08 bits per heavy atom. The lowest BCUT2D eigenvalue weighted by molar-refractivity contribution is 0.438. The standard InChI is InChI=1S/C9H21NO2S/c1-5-7-13(11,12)8-6-10-9(2,3)4/h10H,5-8H2,1-4H3. The first kappa shape index (κ1) is 12.9. The van der Waals surface area contributed by atoms with Crippen LogP contribution in [0.3, 0.4) is 0 Å². The molecule has 80 valence electrons. The molecular weight excluding hydrogens is 186 g/mol. The molecule has 13 heavy (non-hydrogen) atoms. The molecule has 0 radical (unpaired) electrons. The Hall–Kier alpha value is -0.0900. The van der Waals surface area contributed by atoms with Gasteiger partial charge in [-0.15, -0.1) is 0 Å². The average Bonchev–Trinajstić information content (AvgIpc) is 1.82. The van der Waals surface area contributed by atoms with Crippen LogP contribution in [0.5, 0.6) is 0 Å². The molecule has 0 aromatic rings. The molecule has 0 aliphatic rings. The molecule has 0 unspecified atom stereocenters. The largest absolute Gasteiger partial charge is 0.311 e. The van der Waals surface area contributed by atoms with Crippen molar-refractivity contribution in [1.29, 1.82) is 0 Å². The first-order valence-corrected chi connectivity index (χ1v) is 6.54. The van der Waals surface area contributed by atoms with Gasteiger partial charge in [-0.3, -0.25) is 0 Å². The van der Waals surface area contributed by atoms with Crippen molar-refractivity contribution in [1.82, 2.24) is 5.32 Å². The minimum Gasteiger partial charge on any atom is -0.311 e. The van der Waals surface area contributed by atoms with Crippen molar-refractivity contribution in [2.24, 2.45) is 0 Å². The van der Waals surface area contributed by atoms with Crippen LogP contribution in [0.4, 0.5) is 0 Å². The van der Waals surface area contributed by atoms with Gasteiger partial charge in [-0.1, -0.05) is 6.92 Å². The number of sulfone groups is 1. The maximum absolute atomic E-state index is 11.3. The van der Waals surface area contributed by atoms with Crippen LogP contribution in [0.2, 0.25) is 0 Å². The summed E-state index contributed by atoms with van der Waals surface area (Å²) in [5, 5.41) is 3.16. The summed E-state index contributed by atoms with van der Waals surface area (Å²) in [7, 11) is -2.82. The smallest absolute Gasteiger partial charge is 0.151 e. The topological polar surface area (TPSA) is 46.2 Å². The molecule has 0 amide bonds. The van der Waals surface area contributed by atoms with Crippen molar-refractivity contribution in [2.75, 3.05) is 18.1 Å². The Bertz CT molecular complexity index is 226. The van der Waals surface area contributed by atoms with E-state index in [0.717, 1.165) is 0 Å². The Kier molecular flexibility index (Phi) is 4.92. The first-order chi connectivity index (χ1) is 5.77. The summed E-state index contributed by atoms with van der Waals surface area (Å²) in [5.41, 5.74) is 0.00172. The van der Waals surface area contributed by atoms with E-state index in [1.54, 1.807) is 0 Å². The normalized spacial score (nSPS) is 13.2. The van der Waals surface area contributed by atoms with Gasteiger partial charge in [-0.25, -0.2) is 8.42 Å². The molecule has 0 bridgehead atoms. The fourth-order valence-corrected chi connectivity index (χ4v) is 2.23. The van der Waals surface area contributed by atoms with Crippen molar-refractivity contribution in [2.45, 2.75) is 39.7 Å². The van der Waals surface area contributed by atoms with E-state index in [9.17, 15) is 8.42 Å². The highest BCUT2D eigenvalue weighted by Gasteiger charge is 2.12. The zero-order chi connectivity index (χ0) is 10.5. The molecule has 0 rings (SSSR count). The Balaban J connectivity index is 3.77. The van der Waals surface area contributed by atoms with Gasteiger partial charge in [0.1, 0.15) is 0 Å². The summed E-state index contributed by atoms with van der Waals surface area (Å²) < 4.78 is 22.6. The third-order valence-electron chi connectivity index (χ3n) is 1.58. The SMILES string of the molecule is CCCS(=O)(=O)CCNC(C)(C)C. The Labute approximate surface area is 81.8 Å². The van der Waals surface area contributed by atoms with Crippen molar-refractivity contribution < 1.29 is 8.42 Å². The second-order valence-electron chi connectivity index (χ2n) is 4.33. The molecule has 0 spiro atoms. The van der Waals surface area contributed by atoms with Crippen LogP contribution in [0, 0.1) is 0 Å². The lowest BCUT2D eigenvalue weighted by atomic mass is 10.1. The fourth-order valence-electron chi connectivity index (χ4n) is 0.995. The van der Waals surface area contributed by atoms with Crippen LogP contribution in [0.1, 0.15) is 34.1 Å². The Morgan fingerprint density at radius 2 is 1.69 bits per heavy atom. The van der Waals surface area contributed by atoms with E-state index in [0.29, 0.717) is 18.7 Å². The minimum atomic E-state index is -2.82. The highest BCUT2D eigenvalue weighted by Crippen LogP contribution is 1.99. The summed E-state index contributed by atoms with van der Waals surface area (Å²) in [6, 6.07) is 0. The zero-order valence-electron chi connectivity index (χ0n) is 9.05. The van der Waals surface area contributed by atoms with Crippen LogP contribution in [-0.2, 0) is 9.84 Å². The van der Waals surface area contributed by atoms with Gasteiger partial charge in [-0.2, -0.15) is 0 Å². The summed E-state index contributed by atoms with van der Waals surface area (Å²) >= 11 is 0. The van der Waals surface area contributed by atoms with Gasteiger partial charge in [0.05, 0.1) is 5.75 Å². The molecular formula is C9H21NO2S. The molecule has 0 heterocycles. The summed E-state index contributed by atoms with van der Waals surface area (Å²) in [5.74, 6) is 0.553. The van der Waals surface area contributed by atoms with E-state index in [1.165, 1.54) is 0 Å². The molecule has 0 aromatic heterocycles. The first-order valence-electron chi connectivity index (χ1n) is 4.72. The predicted octanol–water partition coefficient (Wildman–Crippen LogP) is 1.20. The number of nitrogens with one attached hydrogen (secondary N) is 1. The molecule has 3 nitrogen and oxygen atoms in total. The second kappa shape index (κ2) is 4.96. The predicted molar refractivity (Wildman–Crippen MR) is 56.7 cm³/mol. The monoisotopic (exact) mass is 207 g/mol. The number of hydrogen-bond donors (Lipinski definition) is 1. The van der Waals surface area contributed by atoms with Crippen LogP contribution in [-0.4, -0.2) is 32.0 Å². The summed E-state index contributed by atoms with van der Waals surface area (Å²) in [6.07, 6.45) is 0.706. The van der Waals surface area contributed by atoms with Crippen LogP contribution < -0.4 is 5.32 Å². The van der Waals surface area contributed by atoms with Gasteiger partial charge in [0.25, 0.3) is 0 Å². The molecule has 0 atom stereocenters. The van der Waals surface area contributed by atoms with Crippen molar-refractivity contribution >= 4 is 9.84 Å². The summed E-state index contributed by atoms with van der Waals surface area (Å²) in [4.78, 5) is 0. The molecule has 0 fully saturated rings. The highest BCUT2D eigenvalue weighted by molar-refractivity contribution is 7.91. The minimum absolute atomic E-state index is 0.00172. The van der Waals surface area contributed by atoms with Crippen LogP contribution >= 0.6 is 0 Å². The van der Waals surface area contributed by atoms with Crippen molar-refractivity contribution in [3.05, 3.63) is 0 Å². The van der Waals surface area contributed by atoms with Crippen molar-refractivity contribution in [3.63, 3.8) is 0 Å².